The van der Waals surface area contributed by atoms with Gasteiger partial charge in [-0.1, -0.05) is 150 Å². The van der Waals surface area contributed by atoms with Crippen LogP contribution in [0.1, 0.15) is 19.8 Å². The first kappa shape index (κ1) is 20.9. The van der Waals surface area contributed by atoms with Crippen molar-refractivity contribution in [2.45, 2.75) is 21.7 Å². The highest BCUT2D eigenvalue weighted by atomic mass is 127. The molecule has 0 amide bonds. The lowest BCUT2D eigenvalue weighted by Gasteiger charge is -2.18. The monoisotopic (exact) mass is 572 g/mol. The third-order valence-corrected chi connectivity index (χ3v) is 7.24. The fourth-order valence-electron chi connectivity index (χ4n) is 2.40. The Morgan fingerprint density at radius 1 is 0.640 bits per heavy atom. The van der Waals surface area contributed by atoms with E-state index in [2.05, 4.69) is 143 Å². The second-order valence-corrected chi connectivity index (χ2v) is 13.1. The highest BCUT2D eigenvalue weighted by Gasteiger charge is 2.14. The fourth-order valence-corrected chi connectivity index (χ4v) is 5.95. The van der Waals surface area contributed by atoms with Gasteiger partial charge < -0.3 is 0 Å². The zero-order valence-electron chi connectivity index (χ0n) is 14.4. The maximum Gasteiger partial charge on any atom is 0.0626 e. The van der Waals surface area contributed by atoms with Gasteiger partial charge in [0.05, 0.1) is 1.93 Å². The van der Waals surface area contributed by atoms with E-state index in [0.29, 0.717) is 0 Å². The zero-order chi connectivity index (χ0) is 17.9. The molecule has 0 aliphatic heterocycles. The second kappa shape index (κ2) is 12.0. The molecule has 0 aliphatic carbocycles. The molecule has 0 unspecified atom stereocenters. The van der Waals surface area contributed by atoms with Gasteiger partial charge in [0.25, 0.3) is 0 Å². The average molecular weight is 572 g/mol. The molecule has 3 aromatic rings. The third kappa shape index (κ3) is 7.36. The molecule has 0 saturated carbocycles. The van der Waals surface area contributed by atoms with Gasteiger partial charge in [0, 0.05) is 0 Å². The summed E-state index contributed by atoms with van der Waals surface area (Å²) in [5.41, 5.74) is 0. The largest absolute Gasteiger partial charge is 0.0710 e. The number of hydrogen-bond acceptors (Lipinski definition) is 0. The maximum atomic E-state index is 2.43. The number of hydrogen-bond donors (Lipinski definition) is 0. The van der Waals surface area contributed by atoms with E-state index < -0.39 is 7.92 Å². The van der Waals surface area contributed by atoms with Crippen molar-refractivity contribution in [2.24, 2.45) is 0 Å². The number of rotatable bonds is 5. The van der Waals surface area contributed by atoms with Crippen molar-refractivity contribution >= 4 is 69.0 Å². The van der Waals surface area contributed by atoms with Crippen molar-refractivity contribution in [3.63, 3.8) is 0 Å². The molecule has 0 aliphatic rings. The maximum absolute atomic E-state index is 2.43. The summed E-state index contributed by atoms with van der Waals surface area (Å²) in [6, 6.07) is 32.3. The Kier molecular flexibility index (Phi) is 10.0. The van der Waals surface area contributed by atoms with Crippen molar-refractivity contribution in [2.75, 3.05) is 0 Å². The van der Waals surface area contributed by atoms with Crippen LogP contribution in [0, 0.1) is 0 Å². The first-order valence-electron chi connectivity index (χ1n) is 8.45. The molecular weight excluding hydrogens is 549 g/mol. The summed E-state index contributed by atoms with van der Waals surface area (Å²) < 4.78 is 0.838. The Hall–Kier alpha value is -0.450. The molecule has 0 aromatic heterocycles. The molecule has 0 N–H and O–H groups in total. The summed E-state index contributed by atoms with van der Waals surface area (Å²) >= 11 is 4.86. The third-order valence-electron chi connectivity index (χ3n) is 3.55. The van der Waals surface area contributed by atoms with Gasteiger partial charge in [0.1, 0.15) is 0 Å². The SMILES string of the molecule is CCCC(I)I.c1ccc(P(c2ccccc2)c2ccccc2)cc1. The average Bonchev–Trinajstić information content (AvgIpc) is 2.65. The Morgan fingerprint density at radius 3 is 1.16 bits per heavy atom. The van der Waals surface area contributed by atoms with Gasteiger partial charge in [-0.25, -0.2) is 0 Å². The van der Waals surface area contributed by atoms with Crippen LogP contribution in [0.25, 0.3) is 0 Å². The minimum absolute atomic E-state index is 0.446. The van der Waals surface area contributed by atoms with Crippen molar-refractivity contribution < 1.29 is 0 Å². The summed E-state index contributed by atoms with van der Waals surface area (Å²) in [6.07, 6.45) is 2.66. The van der Waals surface area contributed by atoms with Gasteiger partial charge in [-0.3, -0.25) is 0 Å². The predicted molar refractivity (Wildman–Crippen MR) is 132 cm³/mol. The lowest BCUT2D eigenvalue weighted by atomic mass is 10.4. The number of alkyl halides is 2. The van der Waals surface area contributed by atoms with E-state index in [-0.39, 0.29) is 0 Å². The first-order valence-corrected chi connectivity index (χ1v) is 12.3. The summed E-state index contributed by atoms with van der Waals surface area (Å²) in [5.74, 6) is 0. The van der Waals surface area contributed by atoms with E-state index >= 15 is 0 Å². The standard InChI is InChI=1S/C18H15P.C4H8I2/c1-4-10-16(11-5-1)19(17-12-6-2-7-13-17)18-14-8-3-9-15-18;1-2-3-4(5)6/h1-15H;4H,2-3H2,1H3. The van der Waals surface area contributed by atoms with Gasteiger partial charge in [-0.2, -0.15) is 0 Å². The van der Waals surface area contributed by atoms with Crippen LogP contribution in [0.4, 0.5) is 0 Å². The Morgan fingerprint density at radius 2 is 0.960 bits per heavy atom. The van der Waals surface area contributed by atoms with Crippen LogP contribution >= 0.6 is 53.1 Å². The van der Waals surface area contributed by atoms with Gasteiger partial charge in [-0.15, -0.1) is 0 Å². The Balaban J connectivity index is 0.000000326. The van der Waals surface area contributed by atoms with Gasteiger partial charge in [-0.05, 0) is 30.3 Å². The molecule has 0 heterocycles. The van der Waals surface area contributed by atoms with Crippen LogP contribution < -0.4 is 15.9 Å². The lowest BCUT2D eigenvalue weighted by Crippen LogP contribution is -2.20. The summed E-state index contributed by atoms with van der Waals surface area (Å²) in [4.78, 5) is 0. The topological polar surface area (TPSA) is 0 Å². The predicted octanol–water partition coefficient (Wildman–Crippen LogP) is 6.43. The van der Waals surface area contributed by atoms with Gasteiger partial charge in [0.15, 0.2) is 0 Å². The van der Waals surface area contributed by atoms with E-state index in [1.165, 1.54) is 28.8 Å². The summed E-state index contributed by atoms with van der Waals surface area (Å²) in [7, 11) is -0.446. The normalized spacial score (nSPS) is 10.4. The fraction of sp³-hybridized carbons (Fsp3) is 0.182. The molecule has 0 atom stereocenters. The Labute approximate surface area is 180 Å². The van der Waals surface area contributed by atoms with E-state index in [4.69, 9.17) is 0 Å². The van der Waals surface area contributed by atoms with Crippen molar-refractivity contribution in [1.29, 1.82) is 0 Å². The summed E-state index contributed by atoms with van der Waals surface area (Å²) in [5, 5.41) is 4.19. The molecule has 0 spiro atoms. The van der Waals surface area contributed by atoms with Crippen LogP contribution in [0.15, 0.2) is 91.0 Å². The highest BCUT2D eigenvalue weighted by molar-refractivity contribution is 14.2. The molecule has 0 fully saturated rings. The molecule has 0 saturated heterocycles. The van der Waals surface area contributed by atoms with Crippen molar-refractivity contribution in [3.8, 4) is 0 Å². The number of halogens is 2. The molecule has 25 heavy (non-hydrogen) atoms. The molecule has 130 valence electrons. The lowest BCUT2D eigenvalue weighted by molar-refractivity contribution is 0.896. The molecule has 3 aromatic carbocycles. The molecule has 3 rings (SSSR count). The number of benzene rings is 3. The molecule has 0 nitrogen and oxygen atoms in total. The summed E-state index contributed by atoms with van der Waals surface area (Å²) in [6.45, 7) is 2.21. The molecule has 3 heteroatoms. The van der Waals surface area contributed by atoms with Crippen LogP contribution in [-0.2, 0) is 0 Å². The zero-order valence-corrected chi connectivity index (χ0v) is 19.6. The van der Waals surface area contributed by atoms with Crippen molar-refractivity contribution in [3.05, 3.63) is 91.0 Å². The minimum Gasteiger partial charge on any atom is -0.0710 e. The minimum atomic E-state index is -0.446. The Bertz CT molecular complexity index is 606. The van der Waals surface area contributed by atoms with E-state index in [9.17, 15) is 0 Å². The van der Waals surface area contributed by atoms with Crippen LogP contribution in [0.2, 0.25) is 0 Å². The van der Waals surface area contributed by atoms with Crippen LogP contribution in [-0.4, -0.2) is 1.93 Å². The molecule has 0 bridgehead atoms. The van der Waals surface area contributed by atoms with E-state index in [1.54, 1.807) is 0 Å². The van der Waals surface area contributed by atoms with Crippen LogP contribution in [0.5, 0.6) is 0 Å². The molecular formula is C22H23I2P. The molecule has 0 radical (unpaired) electrons. The first-order chi connectivity index (χ1) is 12.2. The quantitative estimate of drug-likeness (QED) is 0.188. The van der Waals surface area contributed by atoms with Crippen LogP contribution in [0.3, 0.4) is 0 Å². The van der Waals surface area contributed by atoms with E-state index in [1.807, 2.05) is 0 Å². The van der Waals surface area contributed by atoms with E-state index in [0.717, 1.165) is 1.93 Å². The smallest absolute Gasteiger partial charge is 0.0626 e. The van der Waals surface area contributed by atoms with Gasteiger partial charge in [0.2, 0.25) is 0 Å². The van der Waals surface area contributed by atoms with Crippen molar-refractivity contribution in [1.82, 2.24) is 0 Å². The van der Waals surface area contributed by atoms with Gasteiger partial charge >= 0.3 is 0 Å². The second-order valence-electron chi connectivity index (χ2n) is 5.52. The highest BCUT2D eigenvalue weighted by Crippen LogP contribution is 2.32.